The molecule has 0 unspecified atom stereocenters. The van der Waals surface area contributed by atoms with E-state index in [2.05, 4.69) is 29.6 Å². The minimum absolute atomic E-state index is 0.176. The summed E-state index contributed by atoms with van der Waals surface area (Å²) in [5, 5.41) is 3.97. The maximum atomic E-state index is 6.34. The lowest BCUT2D eigenvalue weighted by Gasteiger charge is -2.54. The van der Waals surface area contributed by atoms with E-state index in [4.69, 9.17) is 14.2 Å². The van der Waals surface area contributed by atoms with Gasteiger partial charge in [0.05, 0.1) is 20.3 Å². The molecule has 1 aromatic carbocycles. The molecule has 6 aliphatic rings. The van der Waals surface area contributed by atoms with Gasteiger partial charge in [-0.1, -0.05) is 12.1 Å². The Hall–Kier alpha value is -1.10. The van der Waals surface area contributed by atoms with Gasteiger partial charge in [0.15, 0.2) is 5.79 Å². The van der Waals surface area contributed by atoms with Crippen molar-refractivity contribution >= 4 is 0 Å². The van der Waals surface area contributed by atoms with Crippen LogP contribution in [0.2, 0.25) is 0 Å². The molecular formula is C21H25NO3. The molecule has 25 heavy (non-hydrogen) atoms. The molecule has 6 fully saturated rings. The standard InChI is InChI=1S/C21H25NO3/c1-23-11-4-2-10(3-5-11)9-22-20-16-12-8-13-15-14(12)17(20)19(15)21(18(13)16)24-6-7-25-21/h2-5,12-20,22H,6-9H2,1H3/t12-,13+,14-,15+,16+,17-,18-,19+,20-/m0/s1. The van der Waals surface area contributed by atoms with Gasteiger partial charge in [0.2, 0.25) is 0 Å². The number of benzene rings is 1. The van der Waals surface area contributed by atoms with Gasteiger partial charge in [-0.3, -0.25) is 0 Å². The Morgan fingerprint density at radius 1 is 1.00 bits per heavy atom. The van der Waals surface area contributed by atoms with Crippen LogP contribution in [0.4, 0.5) is 0 Å². The normalized spacial score (nSPS) is 51.6. The fraction of sp³-hybridized carbons (Fsp3) is 0.714. The van der Waals surface area contributed by atoms with Gasteiger partial charge in [-0.05, 0) is 59.6 Å². The van der Waals surface area contributed by atoms with Crippen LogP contribution in [0, 0.1) is 47.3 Å². The number of hydrogen-bond acceptors (Lipinski definition) is 4. The molecule has 0 aromatic heterocycles. The van der Waals surface area contributed by atoms with Gasteiger partial charge < -0.3 is 19.5 Å². The van der Waals surface area contributed by atoms with Gasteiger partial charge in [-0.2, -0.15) is 0 Å². The van der Waals surface area contributed by atoms with E-state index in [0.717, 1.165) is 61.0 Å². The zero-order valence-electron chi connectivity index (χ0n) is 14.6. The average Bonchev–Trinajstić information content (AvgIpc) is 3.31. The van der Waals surface area contributed by atoms with Crippen LogP contribution in [-0.4, -0.2) is 32.2 Å². The van der Waals surface area contributed by atoms with Crippen LogP contribution in [0.5, 0.6) is 5.75 Å². The Morgan fingerprint density at radius 3 is 2.56 bits per heavy atom. The molecule has 7 rings (SSSR count). The van der Waals surface area contributed by atoms with Gasteiger partial charge in [-0.15, -0.1) is 0 Å². The van der Waals surface area contributed by atoms with Gasteiger partial charge in [0, 0.05) is 24.4 Å². The Morgan fingerprint density at radius 2 is 1.80 bits per heavy atom. The molecule has 1 aliphatic heterocycles. The summed E-state index contributed by atoms with van der Waals surface area (Å²) in [4.78, 5) is 0. The second-order valence-corrected chi connectivity index (χ2v) is 9.10. The van der Waals surface area contributed by atoms with Crippen molar-refractivity contribution in [2.75, 3.05) is 20.3 Å². The smallest absolute Gasteiger partial charge is 0.175 e. The van der Waals surface area contributed by atoms with E-state index in [1.807, 2.05) is 0 Å². The second kappa shape index (κ2) is 4.41. The lowest BCUT2D eigenvalue weighted by Crippen LogP contribution is -2.62. The summed E-state index contributed by atoms with van der Waals surface area (Å²) in [6, 6.07) is 9.17. The molecule has 132 valence electrons. The van der Waals surface area contributed by atoms with E-state index in [1.54, 1.807) is 7.11 Å². The van der Waals surface area contributed by atoms with E-state index in [-0.39, 0.29) is 5.79 Å². The van der Waals surface area contributed by atoms with E-state index in [9.17, 15) is 0 Å². The molecular weight excluding hydrogens is 314 g/mol. The Bertz CT molecular complexity index is 727. The van der Waals surface area contributed by atoms with Crippen LogP contribution in [-0.2, 0) is 16.0 Å². The van der Waals surface area contributed by atoms with E-state index in [1.165, 1.54) is 12.0 Å². The average molecular weight is 339 g/mol. The zero-order chi connectivity index (χ0) is 16.3. The number of nitrogens with one attached hydrogen (secondary N) is 1. The SMILES string of the molecule is COc1ccc(CN[C@@H]2[C@H]3[C@H]4[C@@H]5C[C@@H]6[C@H]4[C@H]3C3(OCCO3)[C@@H]6[C@@H]52)cc1. The van der Waals surface area contributed by atoms with Crippen molar-refractivity contribution in [1.29, 1.82) is 0 Å². The fourth-order valence-corrected chi connectivity index (χ4v) is 8.56. The first-order valence-corrected chi connectivity index (χ1v) is 9.98. The molecule has 5 aliphatic carbocycles. The minimum atomic E-state index is -0.176. The maximum Gasteiger partial charge on any atom is 0.175 e. The predicted molar refractivity (Wildman–Crippen MR) is 90.8 cm³/mol. The second-order valence-electron chi connectivity index (χ2n) is 9.10. The van der Waals surface area contributed by atoms with E-state index in [0.29, 0.717) is 17.9 Å². The van der Waals surface area contributed by atoms with E-state index >= 15 is 0 Å². The minimum Gasteiger partial charge on any atom is -0.497 e. The Kier molecular flexibility index (Phi) is 2.47. The highest BCUT2D eigenvalue weighted by Gasteiger charge is 2.88. The van der Waals surface area contributed by atoms with Crippen molar-refractivity contribution < 1.29 is 14.2 Å². The van der Waals surface area contributed by atoms with Gasteiger partial charge in [-0.25, -0.2) is 0 Å². The lowest BCUT2D eigenvalue weighted by molar-refractivity contribution is -0.264. The number of hydrogen-bond donors (Lipinski definition) is 1. The van der Waals surface area contributed by atoms with Crippen LogP contribution in [0.25, 0.3) is 0 Å². The third-order valence-corrected chi connectivity index (χ3v) is 8.82. The van der Waals surface area contributed by atoms with Crippen molar-refractivity contribution in [3.8, 4) is 5.75 Å². The molecule has 2 bridgehead atoms. The summed E-state index contributed by atoms with van der Waals surface area (Å²) in [5.41, 5.74) is 1.35. The zero-order valence-corrected chi connectivity index (χ0v) is 14.6. The molecule has 1 saturated heterocycles. The highest BCUT2D eigenvalue weighted by atomic mass is 16.7. The predicted octanol–water partition coefficient (Wildman–Crippen LogP) is 2.28. The number of fused-ring (bicyclic) bond motifs is 4. The summed E-state index contributed by atoms with van der Waals surface area (Å²) in [7, 11) is 1.72. The molecule has 9 atom stereocenters. The quantitative estimate of drug-likeness (QED) is 0.914. The molecule has 1 spiro atoms. The molecule has 4 nitrogen and oxygen atoms in total. The van der Waals surface area contributed by atoms with Gasteiger partial charge in [0.1, 0.15) is 5.75 Å². The Balaban J connectivity index is 1.17. The molecule has 4 heteroatoms. The van der Waals surface area contributed by atoms with Crippen LogP contribution < -0.4 is 10.1 Å². The number of rotatable bonds is 4. The number of ether oxygens (including phenoxy) is 3. The molecule has 1 aromatic rings. The fourth-order valence-electron chi connectivity index (χ4n) is 8.56. The summed E-state index contributed by atoms with van der Waals surface area (Å²) in [6.07, 6.45) is 1.45. The van der Waals surface area contributed by atoms with Crippen LogP contribution in [0.3, 0.4) is 0 Å². The monoisotopic (exact) mass is 339 g/mol. The number of methoxy groups -OCH3 is 1. The van der Waals surface area contributed by atoms with E-state index < -0.39 is 0 Å². The molecule has 1 heterocycles. The third-order valence-electron chi connectivity index (χ3n) is 8.82. The summed E-state index contributed by atoms with van der Waals surface area (Å²) < 4.78 is 17.9. The summed E-state index contributed by atoms with van der Waals surface area (Å²) in [6.45, 7) is 2.58. The van der Waals surface area contributed by atoms with Crippen molar-refractivity contribution in [2.24, 2.45) is 47.3 Å². The lowest BCUT2D eigenvalue weighted by atomic mass is 9.57. The highest BCUT2D eigenvalue weighted by Crippen LogP contribution is 2.86. The van der Waals surface area contributed by atoms with Crippen LogP contribution in [0.1, 0.15) is 12.0 Å². The largest absolute Gasteiger partial charge is 0.497 e. The highest BCUT2D eigenvalue weighted by molar-refractivity contribution is 5.35. The van der Waals surface area contributed by atoms with Crippen molar-refractivity contribution in [2.45, 2.75) is 24.8 Å². The van der Waals surface area contributed by atoms with Crippen molar-refractivity contribution in [3.05, 3.63) is 29.8 Å². The first-order valence-electron chi connectivity index (χ1n) is 9.98. The molecule has 1 N–H and O–H groups in total. The van der Waals surface area contributed by atoms with Crippen molar-refractivity contribution in [3.63, 3.8) is 0 Å². The third kappa shape index (κ3) is 1.39. The summed E-state index contributed by atoms with van der Waals surface area (Å²) >= 11 is 0. The van der Waals surface area contributed by atoms with Crippen LogP contribution in [0.15, 0.2) is 24.3 Å². The molecule has 0 amide bonds. The topological polar surface area (TPSA) is 39.7 Å². The first-order chi connectivity index (χ1) is 12.3. The molecule has 0 radical (unpaired) electrons. The maximum absolute atomic E-state index is 6.34. The van der Waals surface area contributed by atoms with Gasteiger partial charge in [0.25, 0.3) is 0 Å². The van der Waals surface area contributed by atoms with Crippen LogP contribution >= 0.6 is 0 Å². The Labute approximate surface area is 148 Å². The molecule has 5 saturated carbocycles. The van der Waals surface area contributed by atoms with Gasteiger partial charge >= 0.3 is 0 Å². The van der Waals surface area contributed by atoms with Crippen molar-refractivity contribution in [1.82, 2.24) is 5.32 Å². The first kappa shape index (κ1) is 14.0. The summed E-state index contributed by atoms with van der Waals surface area (Å²) in [5.74, 6) is 7.40.